The maximum absolute atomic E-state index is 12.8. The fraction of sp³-hybridized carbons (Fsp3) is 0.533. The molecule has 2 N–H and O–H groups in total. The molecular formula is C15H18F3N3. The number of hydrogen-bond acceptors (Lipinski definition) is 3. The van der Waals surface area contributed by atoms with Crippen LogP contribution in [0, 0.1) is 17.2 Å². The van der Waals surface area contributed by atoms with Gasteiger partial charge in [0.2, 0.25) is 0 Å². The van der Waals surface area contributed by atoms with Crippen LogP contribution in [0.5, 0.6) is 0 Å². The molecule has 1 saturated heterocycles. The maximum Gasteiger partial charge on any atom is 0.417 e. The molecule has 2 unspecified atom stereocenters. The van der Waals surface area contributed by atoms with Crippen molar-refractivity contribution < 1.29 is 13.2 Å². The minimum absolute atomic E-state index is 0.135. The van der Waals surface area contributed by atoms with Crippen LogP contribution in [0.1, 0.15) is 30.9 Å². The van der Waals surface area contributed by atoms with Gasteiger partial charge in [-0.15, -0.1) is 0 Å². The zero-order valence-corrected chi connectivity index (χ0v) is 11.8. The number of piperidine rings is 1. The van der Waals surface area contributed by atoms with E-state index < -0.39 is 11.7 Å². The summed E-state index contributed by atoms with van der Waals surface area (Å²) in [7, 11) is 0. The third-order valence-corrected chi connectivity index (χ3v) is 4.11. The Hall–Kier alpha value is -1.74. The van der Waals surface area contributed by atoms with Gasteiger partial charge >= 0.3 is 6.18 Å². The Morgan fingerprint density at radius 1 is 1.43 bits per heavy atom. The molecule has 21 heavy (non-hydrogen) atoms. The van der Waals surface area contributed by atoms with Gasteiger partial charge in [0.15, 0.2) is 0 Å². The molecule has 1 aromatic carbocycles. The number of nitrogens with two attached hydrogens (primary N) is 1. The van der Waals surface area contributed by atoms with Crippen LogP contribution in [0.15, 0.2) is 18.2 Å². The number of anilines is 1. The predicted octanol–water partition coefficient (Wildman–Crippen LogP) is 3.14. The van der Waals surface area contributed by atoms with Crippen molar-refractivity contribution >= 4 is 5.69 Å². The zero-order chi connectivity index (χ0) is 15.6. The minimum Gasteiger partial charge on any atom is -0.371 e. The first-order valence-corrected chi connectivity index (χ1v) is 6.98. The lowest BCUT2D eigenvalue weighted by atomic mass is 9.90. The van der Waals surface area contributed by atoms with E-state index >= 15 is 0 Å². The summed E-state index contributed by atoms with van der Waals surface area (Å²) in [6.07, 6.45) is -2.76. The number of nitriles is 1. The fourth-order valence-corrected chi connectivity index (χ4v) is 2.79. The van der Waals surface area contributed by atoms with Gasteiger partial charge in [-0.05, 0) is 30.5 Å². The largest absolute Gasteiger partial charge is 0.417 e. The van der Waals surface area contributed by atoms with Gasteiger partial charge in [-0.1, -0.05) is 13.3 Å². The monoisotopic (exact) mass is 297 g/mol. The smallest absolute Gasteiger partial charge is 0.371 e. The molecule has 3 nitrogen and oxygen atoms in total. The second-order valence-corrected chi connectivity index (χ2v) is 5.41. The highest BCUT2D eigenvalue weighted by molar-refractivity contribution is 5.55. The topological polar surface area (TPSA) is 53.0 Å². The van der Waals surface area contributed by atoms with Gasteiger partial charge in [0.05, 0.1) is 17.2 Å². The molecule has 1 aliphatic heterocycles. The quantitative estimate of drug-likeness (QED) is 0.912. The average molecular weight is 297 g/mol. The number of alkyl halides is 3. The number of nitrogens with zero attached hydrogens (tertiary/aromatic N) is 2. The Kier molecular flexibility index (Phi) is 4.43. The van der Waals surface area contributed by atoms with Crippen molar-refractivity contribution in [3.63, 3.8) is 0 Å². The summed E-state index contributed by atoms with van der Waals surface area (Å²) < 4.78 is 38.4. The van der Waals surface area contributed by atoms with Crippen molar-refractivity contribution in [1.82, 2.24) is 0 Å². The van der Waals surface area contributed by atoms with Crippen LogP contribution in [-0.4, -0.2) is 19.1 Å². The molecule has 0 spiro atoms. The molecule has 0 aliphatic carbocycles. The van der Waals surface area contributed by atoms with Crippen LogP contribution < -0.4 is 10.6 Å². The molecule has 2 atom stereocenters. The molecule has 0 radical (unpaired) electrons. The Morgan fingerprint density at radius 2 is 2.14 bits per heavy atom. The van der Waals surface area contributed by atoms with Gasteiger partial charge in [-0.3, -0.25) is 0 Å². The van der Waals surface area contributed by atoms with E-state index in [4.69, 9.17) is 11.0 Å². The summed E-state index contributed by atoms with van der Waals surface area (Å²) in [6.45, 7) is 3.48. The number of halogens is 3. The number of benzene rings is 1. The molecule has 1 aromatic rings. The lowest BCUT2D eigenvalue weighted by Gasteiger charge is -2.38. The van der Waals surface area contributed by atoms with Crippen molar-refractivity contribution in [2.75, 3.05) is 18.0 Å². The van der Waals surface area contributed by atoms with Crippen LogP contribution in [0.3, 0.4) is 0 Å². The summed E-state index contributed by atoms with van der Waals surface area (Å²) in [5.74, 6) is 0.326. The van der Waals surface area contributed by atoms with Crippen molar-refractivity contribution in [3.05, 3.63) is 29.3 Å². The van der Waals surface area contributed by atoms with Crippen molar-refractivity contribution in [3.8, 4) is 6.07 Å². The summed E-state index contributed by atoms with van der Waals surface area (Å²) in [5, 5.41) is 8.96. The Labute approximate surface area is 122 Å². The molecule has 0 aromatic heterocycles. The molecule has 1 fully saturated rings. The van der Waals surface area contributed by atoms with Gasteiger partial charge in [-0.25, -0.2) is 0 Å². The first kappa shape index (κ1) is 15.6. The molecule has 6 heteroatoms. The van der Waals surface area contributed by atoms with E-state index in [9.17, 15) is 13.2 Å². The van der Waals surface area contributed by atoms with E-state index in [0.717, 1.165) is 18.9 Å². The summed E-state index contributed by atoms with van der Waals surface area (Å²) in [5.41, 5.74) is 5.49. The lowest BCUT2D eigenvalue weighted by molar-refractivity contribution is -0.137. The highest BCUT2D eigenvalue weighted by Crippen LogP contribution is 2.34. The fourth-order valence-electron chi connectivity index (χ4n) is 2.79. The van der Waals surface area contributed by atoms with E-state index in [1.54, 1.807) is 6.07 Å². The standard InChI is InChI=1S/C15H18F3N3/c1-2-10-9-21(6-5-14(10)20)12-3-4-13(15(16,17)18)11(7-12)8-19/h3-4,7,10,14H,2,5-6,9,20H2,1H3. The molecule has 2 rings (SSSR count). The molecule has 0 saturated carbocycles. The van der Waals surface area contributed by atoms with Crippen LogP contribution >= 0.6 is 0 Å². The van der Waals surface area contributed by atoms with E-state index in [0.29, 0.717) is 24.7 Å². The lowest BCUT2D eigenvalue weighted by Crippen LogP contribution is -2.47. The van der Waals surface area contributed by atoms with Crippen LogP contribution in [0.2, 0.25) is 0 Å². The van der Waals surface area contributed by atoms with E-state index in [-0.39, 0.29) is 11.6 Å². The van der Waals surface area contributed by atoms with Gasteiger partial charge in [0.25, 0.3) is 0 Å². The second-order valence-electron chi connectivity index (χ2n) is 5.41. The number of rotatable bonds is 2. The van der Waals surface area contributed by atoms with Crippen molar-refractivity contribution in [1.29, 1.82) is 5.26 Å². The van der Waals surface area contributed by atoms with Crippen molar-refractivity contribution in [2.24, 2.45) is 11.7 Å². The number of hydrogen-bond donors (Lipinski definition) is 1. The van der Waals surface area contributed by atoms with Gasteiger partial charge in [-0.2, -0.15) is 18.4 Å². The Morgan fingerprint density at radius 3 is 2.71 bits per heavy atom. The molecule has 1 heterocycles. The summed E-state index contributed by atoms with van der Waals surface area (Å²) in [4.78, 5) is 2.01. The second kappa shape index (κ2) is 5.94. The van der Waals surface area contributed by atoms with Crippen molar-refractivity contribution in [2.45, 2.75) is 32.0 Å². The van der Waals surface area contributed by atoms with Crippen LogP contribution in [0.25, 0.3) is 0 Å². The van der Waals surface area contributed by atoms with E-state index in [2.05, 4.69) is 6.92 Å². The van der Waals surface area contributed by atoms with Gasteiger partial charge in [0, 0.05) is 24.8 Å². The minimum atomic E-state index is -4.50. The maximum atomic E-state index is 12.8. The Balaban J connectivity index is 2.28. The Bertz CT molecular complexity index is 548. The zero-order valence-electron chi connectivity index (χ0n) is 11.8. The summed E-state index contributed by atoms with van der Waals surface area (Å²) in [6, 6.07) is 5.53. The predicted molar refractivity (Wildman–Crippen MR) is 74.7 cm³/mol. The molecule has 0 bridgehead atoms. The molecule has 1 aliphatic rings. The van der Waals surface area contributed by atoms with E-state index in [1.807, 2.05) is 4.90 Å². The van der Waals surface area contributed by atoms with Gasteiger partial charge < -0.3 is 10.6 Å². The third-order valence-electron chi connectivity index (χ3n) is 4.11. The van der Waals surface area contributed by atoms with E-state index in [1.165, 1.54) is 12.1 Å². The first-order chi connectivity index (χ1) is 9.86. The van der Waals surface area contributed by atoms with Gasteiger partial charge in [0.1, 0.15) is 0 Å². The van der Waals surface area contributed by atoms with Crippen LogP contribution in [0.4, 0.5) is 18.9 Å². The molecular weight excluding hydrogens is 279 g/mol. The first-order valence-electron chi connectivity index (χ1n) is 6.98. The molecule has 114 valence electrons. The summed E-state index contributed by atoms with van der Waals surface area (Å²) >= 11 is 0. The SMILES string of the molecule is CCC1CN(c2ccc(C(F)(F)F)c(C#N)c2)CCC1N. The highest BCUT2D eigenvalue weighted by atomic mass is 19.4. The third kappa shape index (κ3) is 3.30. The van der Waals surface area contributed by atoms with Crippen LogP contribution in [-0.2, 0) is 6.18 Å². The average Bonchev–Trinajstić information content (AvgIpc) is 2.46. The molecule has 0 amide bonds. The highest BCUT2D eigenvalue weighted by Gasteiger charge is 2.34. The normalized spacial score (nSPS) is 23.0.